The average molecular weight is 284 g/mol. The number of carbonyl (C=O) groups is 3. The summed E-state index contributed by atoms with van der Waals surface area (Å²) in [6, 6.07) is 0. The molecular weight excluding hydrogens is 264 g/mol. The Labute approximate surface area is 117 Å². The molecule has 1 N–H and O–H groups in total. The van der Waals surface area contributed by atoms with Gasteiger partial charge in [-0.2, -0.15) is 0 Å². The van der Waals surface area contributed by atoms with Crippen molar-refractivity contribution in [2.45, 2.75) is 45.3 Å². The molecule has 0 heterocycles. The number of rotatable bonds is 4. The van der Waals surface area contributed by atoms with Crippen molar-refractivity contribution in [3.63, 3.8) is 0 Å². The van der Waals surface area contributed by atoms with Gasteiger partial charge in [0.15, 0.2) is 5.60 Å². The van der Waals surface area contributed by atoms with E-state index < -0.39 is 34.7 Å². The maximum atomic E-state index is 12.3. The summed E-state index contributed by atoms with van der Waals surface area (Å²) in [5, 5.41) is 10.2. The van der Waals surface area contributed by atoms with E-state index in [0.29, 0.717) is 6.42 Å². The van der Waals surface area contributed by atoms with Crippen LogP contribution in [0.25, 0.3) is 0 Å². The van der Waals surface area contributed by atoms with Crippen LogP contribution in [0.4, 0.5) is 0 Å². The van der Waals surface area contributed by atoms with E-state index in [0.717, 1.165) is 6.08 Å². The van der Waals surface area contributed by atoms with E-state index in [-0.39, 0.29) is 5.76 Å². The van der Waals surface area contributed by atoms with Gasteiger partial charge in [0.05, 0.1) is 13.0 Å². The molecule has 0 fully saturated rings. The molecule has 1 aliphatic rings. The molecule has 20 heavy (non-hydrogen) atoms. The van der Waals surface area contributed by atoms with E-state index in [2.05, 4.69) is 0 Å². The number of Topliss-reactive ketones (excluding diaryl/α,β-unsaturated/α-hetero) is 1. The second-order valence-corrected chi connectivity index (χ2v) is 5.24. The van der Waals surface area contributed by atoms with Crippen LogP contribution in [-0.4, -0.2) is 41.0 Å². The number of aliphatic hydroxyl groups is 1. The van der Waals surface area contributed by atoms with Crippen LogP contribution in [0.1, 0.15) is 34.1 Å². The molecule has 0 aromatic heterocycles. The number of hydrogen-bond donors (Lipinski definition) is 1. The number of methoxy groups -OCH3 is 1. The molecule has 0 bridgehead atoms. The van der Waals surface area contributed by atoms with Crippen LogP contribution in [0.15, 0.2) is 11.8 Å². The third-order valence-electron chi connectivity index (χ3n) is 3.63. The summed E-state index contributed by atoms with van der Waals surface area (Å²) in [7, 11) is 1.24. The van der Waals surface area contributed by atoms with Gasteiger partial charge in [-0.15, -0.1) is 0 Å². The first kappa shape index (κ1) is 16.4. The van der Waals surface area contributed by atoms with Crippen LogP contribution in [0.2, 0.25) is 0 Å². The number of hydrogen-bond acceptors (Lipinski definition) is 6. The number of ketones is 2. The van der Waals surface area contributed by atoms with Gasteiger partial charge >= 0.3 is 5.97 Å². The van der Waals surface area contributed by atoms with Crippen LogP contribution in [-0.2, 0) is 23.9 Å². The topological polar surface area (TPSA) is 89.9 Å². The first-order chi connectivity index (χ1) is 9.11. The van der Waals surface area contributed by atoms with E-state index in [9.17, 15) is 19.5 Å². The molecule has 1 aliphatic carbocycles. The molecule has 0 amide bonds. The summed E-state index contributed by atoms with van der Waals surface area (Å²) in [4.78, 5) is 36.2. The van der Waals surface area contributed by atoms with Crippen LogP contribution in [0.3, 0.4) is 0 Å². The third-order valence-corrected chi connectivity index (χ3v) is 3.63. The fourth-order valence-electron chi connectivity index (χ4n) is 1.91. The van der Waals surface area contributed by atoms with Gasteiger partial charge in [-0.25, -0.2) is 0 Å². The van der Waals surface area contributed by atoms with Crippen molar-refractivity contribution >= 4 is 17.5 Å². The zero-order valence-corrected chi connectivity index (χ0v) is 12.4. The highest BCUT2D eigenvalue weighted by Gasteiger charge is 2.57. The maximum absolute atomic E-state index is 12.3. The fraction of sp³-hybridized carbons (Fsp3) is 0.643. The van der Waals surface area contributed by atoms with Crippen LogP contribution in [0.5, 0.6) is 0 Å². The predicted molar refractivity (Wildman–Crippen MR) is 69.7 cm³/mol. The Morgan fingerprint density at radius 2 is 1.95 bits per heavy atom. The molecule has 0 aliphatic heterocycles. The lowest BCUT2D eigenvalue weighted by atomic mass is 9.78. The SMILES string of the molecule is CC[C@H](C)C(=O)O[C@]1(C)C(=O)C=C(OC)[C@@](C)(O)C1=O. The monoisotopic (exact) mass is 284 g/mol. The molecule has 0 saturated heterocycles. The quantitative estimate of drug-likeness (QED) is 0.605. The molecule has 0 spiro atoms. The van der Waals surface area contributed by atoms with Crippen molar-refractivity contribution in [3.05, 3.63) is 11.8 Å². The smallest absolute Gasteiger partial charge is 0.310 e. The molecule has 0 saturated carbocycles. The summed E-state index contributed by atoms with van der Waals surface area (Å²) >= 11 is 0. The summed E-state index contributed by atoms with van der Waals surface area (Å²) in [5.74, 6) is -2.88. The molecule has 3 atom stereocenters. The highest BCUT2D eigenvalue weighted by Crippen LogP contribution is 2.33. The van der Waals surface area contributed by atoms with Gasteiger partial charge in [0.25, 0.3) is 0 Å². The molecule has 0 aromatic carbocycles. The van der Waals surface area contributed by atoms with Gasteiger partial charge in [-0.05, 0) is 20.3 Å². The molecule has 6 heteroatoms. The van der Waals surface area contributed by atoms with Crippen molar-refractivity contribution in [1.29, 1.82) is 0 Å². The van der Waals surface area contributed by atoms with Crippen LogP contribution < -0.4 is 0 Å². The van der Waals surface area contributed by atoms with Gasteiger partial charge in [-0.3, -0.25) is 14.4 Å². The lowest BCUT2D eigenvalue weighted by Gasteiger charge is -2.37. The number of ether oxygens (including phenoxy) is 2. The highest BCUT2D eigenvalue weighted by molar-refractivity contribution is 6.21. The van der Waals surface area contributed by atoms with Crippen LogP contribution in [0, 0.1) is 5.92 Å². The van der Waals surface area contributed by atoms with E-state index in [1.165, 1.54) is 21.0 Å². The minimum Gasteiger partial charge on any atom is -0.497 e. The Balaban J connectivity index is 3.18. The van der Waals surface area contributed by atoms with Crippen LogP contribution >= 0.6 is 0 Å². The molecule has 1 rings (SSSR count). The van der Waals surface area contributed by atoms with Crippen molar-refractivity contribution in [1.82, 2.24) is 0 Å². The zero-order chi connectivity index (χ0) is 15.7. The summed E-state index contributed by atoms with van der Waals surface area (Å²) in [6.07, 6.45) is 1.51. The number of esters is 1. The lowest BCUT2D eigenvalue weighted by Crippen LogP contribution is -2.60. The van der Waals surface area contributed by atoms with Gasteiger partial charge in [0.2, 0.25) is 17.2 Å². The van der Waals surface area contributed by atoms with E-state index >= 15 is 0 Å². The third kappa shape index (κ3) is 2.47. The second kappa shape index (κ2) is 5.36. The second-order valence-electron chi connectivity index (χ2n) is 5.24. The first-order valence-electron chi connectivity index (χ1n) is 6.42. The number of carbonyl (C=O) groups excluding carboxylic acids is 3. The maximum Gasteiger partial charge on any atom is 0.310 e. The summed E-state index contributed by atoms with van der Waals surface area (Å²) in [5.41, 5.74) is -4.03. The van der Waals surface area contributed by atoms with Gasteiger partial charge < -0.3 is 14.6 Å². The van der Waals surface area contributed by atoms with E-state index in [1.807, 2.05) is 0 Å². The van der Waals surface area contributed by atoms with Gasteiger partial charge in [0, 0.05) is 6.08 Å². The van der Waals surface area contributed by atoms with E-state index in [4.69, 9.17) is 9.47 Å². The standard InChI is InChI=1S/C14H20O6/c1-6-8(2)11(16)20-14(4)9(15)7-10(19-5)13(3,18)12(14)17/h7-8,18H,6H2,1-5H3/t8-,13+,14+/m0/s1. The van der Waals surface area contributed by atoms with Crippen molar-refractivity contribution in [2.24, 2.45) is 5.92 Å². The Kier molecular flexibility index (Phi) is 4.39. The average Bonchev–Trinajstić information content (AvgIpc) is 2.40. The Morgan fingerprint density at radius 3 is 2.40 bits per heavy atom. The Morgan fingerprint density at radius 1 is 1.40 bits per heavy atom. The normalized spacial score (nSPS) is 31.6. The highest BCUT2D eigenvalue weighted by atomic mass is 16.6. The van der Waals surface area contributed by atoms with Crippen molar-refractivity contribution < 1.29 is 29.0 Å². The van der Waals surface area contributed by atoms with Crippen molar-refractivity contribution in [2.75, 3.05) is 7.11 Å². The predicted octanol–water partition coefficient (Wildman–Crippen LogP) is 0.767. The molecular formula is C14H20O6. The van der Waals surface area contributed by atoms with Gasteiger partial charge in [-0.1, -0.05) is 13.8 Å². The molecule has 6 nitrogen and oxygen atoms in total. The Bertz CT molecular complexity index is 476. The Hall–Kier alpha value is -1.69. The minimum absolute atomic E-state index is 0.162. The first-order valence-corrected chi connectivity index (χ1v) is 6.42. The van der Waals surface area contributed by atoms with E-state index in [1.54, 1.807) is 13.8 Å². The largest absolute Gasteiger partial charge is 0.497 e. The summed E-state index contributed by atoms with van der Waals surface area (Å²) in [6.45, 7) is 5.82. The molecule has 0 radical (unpaired) electrons. The van der Waals surface area contributed by atoms with Crippen molar-refractivity contribution in [3.8, 4) is 0 Å². The molecule has 0 unspecified atom stereocenters. The molecule has 112 valence electrons. The summed E-state index contributed by atoms with van der Waals surface area (Å²) < 4.78 is 9.93. The lowest BCUT2D eigenvalue weighted by molar-refractivity contribution is -0.180. The van der Waals surface area contributed by atoms with Gasteiger partial charge in [0.1, 0.15) is 5.76 Å². The minimum atomic E-state index is -2.02. The zero-order valence-electron chi connectivity index (χ0n) is 12.4. The molecule has 0 aromatic rings. The fourth-order valence-corrected chi connectivity index (χ4v) is 1.91.